The molecular formula is C22H22BrN5O2. The van der Waals surface area contributed by atoms with Crippen molar-refractivity contribution >= 4 is 50.3 Å². The maximum atomic E-state index is 12.4. The minimum atomic E-state index is -0.259. The van der Waals surface area contributed by atoms with Crippen molar-refractivity contribution in [1.82, 2.24) is 15.2 Å². The summed E-state index contributed by atoms with van der Waals surface area (Å²) >= 11 is 3.38. The number of nitrogens with one attached hydrogen (secondary N) is 3. The maximum absolute atomic E-state index is 12.4. The number of para-hydroxylation sites is 1. The number of nitrogens with zero attached hydrogens (tertiary/aromatic N) is 2. The second-order valence-electron chi connectivity index (χ2n) is 7.21. The van der Waals surface area contributed by atoms with E-state index < -0.39 is 0 Å². The number of likely N-dealkylation sites (tertiary alicyclic amines) is 1. The molecule has 1 aliphatic heterocycles. The number of amides is 4. The van der Waals surface area contributed by atoms with Gasteiger partial charge in [-0.3, -0.25) is 4.98 Å². The van der Waals surface area contributed by atoms with E-state index in [0.717, 1.165) is 21.1 Å². The maximum Gasteiger partial charge on any atom is 0.321 e. The van der Waals surface area contributed by atoms with Crippen LogP contribution in [0.5, 0.6) is 0 Å². The Morgan fingerprint density at radius 3 is 2.47 bits per heavy atom. The van der Waals surface area contributed by atoms with Crippen molar-refractivity contribution in [2.45, 2.75) is 18.9 Å². The van der Waals surface area contributed by atoms with Gasteiger partial charge in [0.25, 0.3) is 0 Å². The minimum absolute atomic E-state index is 0.0233. The molecule has 0 saturated carbocycles. The molecule has 154 valence electrons. The van der Waals surface area contributed by atoms with E-state index in [-0.39, 0.29) is 18.1 Å². The number of hydrogen-bond donors (Lipinski definition) is 3. The van der Waals surface area contributed by atoms with Gasteiger partial charge in [-0.2, -0.15) is 0 Å². The number of piperidine rings is 1. The summed E-state index contributed by atoms with van der Waals surface area (Å²) in [6.07, 6.45) is 3.06. The largest absolute Gasteiger partial charge is 0.335 e. The Labute approximate surface area is 183 Å². The molecular weight excluding hydrogens is 446 g/mol. The highest BCUT2D eigenvalue weighted by Gasteiger charge is 2.24. The lowest BCUT2D eigenvalue weighted by Gasteiger charge is -2.32. The Balaban J connectivity index is 1.25. The summed E-state index contributed by atoms with van der Waals surface area (Å²) in [5, 5.41) is 9.71. The third-order valence-electron chi connectivity index (χ3n) is 5.06. The smallest absolute Gasteiger partial charge is 0.321 e. The van der Waals surface area contributed by atoms with Crippen LogP contribution < -0.4 is 16.0 Å². The van der Waals surface area contributed by atoms with E-state index in [1.54, 1.807) is 11.1 Å². The molecule has 3 aromatic rings. The summed E-state index contributed by atoms with van der Waals surface area (Å²) in [4.78, 5) is 30.9. The van der Waals surface area contributed by atoms with Crippen LogP contribution in [0.2, 0.25) is 0 Å². The van der Waals surface area contributed by atoms with Crippen LogP contribution in [0.4, 0.5) is 21.0 Å². The normalized spacial score (nSPS) is 14.4. The highest BCUT2D eigenvalue weighted by atomic mass is 79.9. The van der Waals surface area contributed by atoms with E-state index in [0.29, 0.717) is 31.6 Å². The second-order valence-corrected chi connectivity index (χ2v) is 8.13. The predicted molar refractivity (Wildman–Crippen MR) is 122 cm³/mol. The monoisotopic (exact) mass is 467 g/mol. The van der Waals surface area contributed by atoms with Crippen molar-refractivity contribution in [3.05, 3.63) is 65.3 Å². The molecule has 1 fully saturated rings. The zero-order chi connectivity index (χ0) is 20.9. The molecule has 0 spiro atoms. The van der Waals surface area contributed by atoms with Crippen LogP contribution in [0.25, 0.3) is 10.9 Å². The van der Waals surface area contributed by atoms with Gasteiger partial charge in [0.2, 0.25) is 0 Å². The SMILES string of the molecule is O=C(Nc1cnc2ccccc2c1)NC1CCN(C(=O)Nc2ccc(Br)cc2)CC1. The Morgan fingerprint density at radius 2 is 1.70 bits per heavy atom. The molecule has 0 unspecified atom stereocenters. The van der Waals surface area contributed by atoms with Crippen molar-refractivity contribution in [1.29, 1.82) is 0 Å². The lowest BCUT2D eigenvalue weighted by Crippen LogP contribution is -2.48. The predicted octanol–water partition coefficient (Wildman–Crippen LogP) is 4.82. The van der Waals surface area contributed by atoms with Crippen LogP contribution in [0.3, 0.4) is 0 Å². The van der Waals surface area contributed by atoms with Gasteiger partial charge in [0.15, 0.2) is 0 Å². The lowest BCUT2D eigenvalue weighted by atomic mass is 10.1. The van der Waals surface area contributed by atoms with E-state index in [1.165, 1.54) is 0 Å². The van der Waals surface area contributed by atoms with Crippen LogP contribution >= 0.6 is 15.9 Å². The molecule has 1 aliphatic rings. The van der Waals surface area contributed by atoms with Gasteiger partial charge in [0.05, 0.1) is 17.4 Å². The summed E-state index contributed by atoms with van der Waals surface area (Å²) in [5.74, 6) is 0. The van der Waals surface area contributed by atoms with Gasteiger partial charge < -0.3 is 20.9 Å². The molecule has 7 nitrogen and oxygen atoms in total. The molecule has 2 heterocycles. The number of aromatic nitrogens is 1. The molecule has 1 aromatic heterocycles. The van der Waals surface area contributed by atoms with Crippen LogP contribution in [0.1, 0.15) is 12.8 Å². The first-order chi connectivity index (χ1) is 14.6. The van der Waals surface area contributed by atoms with Gasteiger partial charge in [-0.1, -0.05) is 34.1 Å². The molecule has 30 heavy (non-hydrogen) atoms. The average molecular weight is 468 g/mol. The molecule has 0 radical (unpaired) electrons. The second kappa shape index (κ2) is 9.13. The first-order valence-electron chi connectivity index (χ1n) is 9.81. The van der Waals surface area contributed by atoms with Crippen molar-refractivity contribution in [3.8, 4) is 0 Å². The zero-order valence-corrected chi connectivity index (χ0v) is 17.9. The number of fused-ring (bicyclic) bond motifs is 1. The summed E-state index contributed by atoms with van der Waals surface area (Å²) in [6.45, 7) is 1.18. The summed E-state index contributed by atoms with van der Waals surface area (Å²) in [6, 6.07) is 16.8. The molecule has 2 aromatic carbocycles. The quantitative estimate of drug-likeness (QED) is 0.516. The molecule has 0 atom stereocenters. The summed E-state index contributed by atoms with van der Waals surface area (Å²) in [7, 11) is 0. The van der Waals surface area contributed by atoms with Crippen LogP contribution in [-0.4, -0.2) is 41.1 Å². The fraction of sp³-hybridized carbons (Fsp3) is 0.227. The average Bonchev–Trinajstić information content (AvgIpc) is 2.75. The van der Waals surface area contributed by atoms with Crippen molar-refractivity contribution in [2.75, 3.05) is 23.7 Å². The lowest BCUT2D eigenvalue weighted by molar-refractivity contribution is 0.189. The van der Waals surface area contributed by atoms with Crippen molar-refractivity contribution in [3.63, 3.8) is 0 Å². The number of benzene rings is 2. The van der Waals surface area contributed by atoms with Gasteiger partial charge in [0, 0.05) is 34.7 Å². The molecule has 3 N–H and O–H groups in total. The van der Waals surface area contributed by atoms with Crippen molar-refractivity contribution < 1.29 is 9.59 Å². The van der Waals surface area contributed by atoms with Crippen LogP contribution in [0.15, 0.2) is 65.3 Å². The van der Waals surface area contributed by atoms with E-state index in [1.807, 2.05) is 54.6 Å². The van der Waals surface area contributed by atoms with E-state index in [2.05, 4.69) is 36.9 Å². The molecule has 1 saturated heterocycles. The van der Waals surface area contributed by atoms with E-state index in [9.17, 15) is 9.59 Å². The number of hydrogen-bond acceptors (Lipinski definition) is 3. The minimum Gasteiger partial charge on any atom is -0.335 e. The molecule has 4 rings (SSSR count). The van der Waals surface area contributed by atoms with Gasteiger partial charge >= 0.3 is 12.1 Å². The first-order valence-corrected chi connectivity index (χ1v) is 10.6. The molecule has 0 bridgehead atoms. The van der Waals surface area contributed by atoms with Gasteiger partial charge in [-0.05, 0) is 49.2 Å². The molecule has 8 heteroatoms. The van der Waals surface area contributed by atoms with E-state index >= 15 is 0 Å². The fourth-order valence-corrected chi connectivity index (χ4v) is 3.72. The van der Waals surface area contributed by atoms with E-state index in [4.69, 9.17) is 0 Å². The van der Waals surface area contributed by atoms with Crippen LogP contribution in [0, 0.1) is 0 Å². The zero-order valence-electron chi connectivity index (χ0n) is 16.3. The highest BCUT2D eigenvalue weighted by Crippen LogP contribution is 2.18. The van der Waals surface area contributed by atoms with Crippen molar-refractivity contribution in [2.24, 2.45) is 0 Å². The molecule has 4 amide bonds. The Hall–Kier alpha value is -3.13. The number of pyridine rings is 1. The number of urea groups is 2. The van der Waals surface area contributed by atoms with Gasteiger partial charge in [0.1, 0.15) is 0 Å². The van der Waals surface area contributed by atoms with Gasteiger partial charge in [-0.15, -0.1) is 0 Å². The third-order valence-corrected chi connectivity index (χ3v) is 5.59. The Kier molecular flexibility index (Phi) is 6.13. The van der Waals surface area contributed by atoms with Gasteiger partial charge in [-0.25, -0.2) is 9.59 Å². The topological polar surface area (TPSA) is 86.4 Å². The number of rotatable bonds is 3. The first kappa shape index (κ1) is 20.2. The summed E-state index contributed by atoms with van der Waals surface area (Å²) < 4.78 is 0.963. The fourth-order valence-electron chi connectivity index (χ4n) is 3.45. The standard InChI is InChI=1S/C22H22BrN5O2/c23-16-5-7-17(8-6-16)27-22(30)28-11-9-18(10-12-28)25-21(29)26-19-13-15-3-1-2-4-20(15)24-14-19/h1-8,13-14,18H,9-12H2,(H,27,30)(H2,25,26,29). The Morgan fingerprint density at radius 1 is 0.967 bits per heavy atom. The Bertz CT molecular complexity index is 1050. The number of carbonyl (C=O) groups is 2. The van der Waals surface area contributed by atoms with Crippen LogP contribution in [-0.2, 0) is 0 Å². The number of halogens is 1. The molecule has 0 aliphatic carbocycles. The number of carbonyl (C=O) groups excluding carboxylic acids is 2. The summed E-state index contributed by atoms with van der Waals surface area (Å²) in [5.41, 5.74) is 2.29. The number of anilines is 2. The third kappa shape index (κ3) is 5.07. The highest BCUT2D eigenvalue weighted by molar-refractivity contribution is 9.10.